The fraction of sp³-hybridized carbons (Fsp3) is 0.421. The van der Waals surface area contributed by atoms with Crippen LogP contribution in [0, 0.1) is 13.8 Å². The number of likely N-dealkylation sites (tertiary alicyclic amines) is 1. The number of carbonyl (C=O) groups is 2. The Kier molecular flexibility index (Phi) is 5.16. The molecular formula is C19H24N4O2. The molecule has 6 heteroatoms. The van der Waals surface area contributed by atoms with Crippen LogP contribution in [0.3, 0.4) is 0 Å². The van der Waals surface area contributed by atoms with E-state index in [1.54, 1.807) is 4.90 Å². The largest absolute Gasteiger partial charge is 0.351 e. The zero-order valence-corrected chi connectivity index (χ0v) is 14.7. The third-order valence-corrected chi connectivity index (χ3v) is 4.45. The highest BCUT2D eigenvalue weighted by molar-refractivity contribution is 5.82. The highest BCUT2D eigenvalue weighted by atomic mass is 16.2. The second-order valence-electron chi connectivity index (χ2n) is 6.63. The van der Waals surface area contributed by atoms with Crippen molar-refractivity contribution in [3.63, 3.8) is 0 Å². The van der Waals surface area contributed by atoms with Gasteiger partial charge in [0.05, 0.1) is 11.7 Å². The summed E-state index contributed by atoms with van der Waals surface area (Å²) in [6.45, 7) is 5.64. The molecule has 2 amide bonds. The van der Waals surface area contributed by atoms with Gasteiger partial charge in [0.15, 0.2) is 0 Å². The van der Waals surface area contributed by atoms with Crippen molar-refractivity contribution in [1.82, 2.24) is 20.0 Å². The maximum absolute atomic E-state index is 12.2. The quantitative estimate of drug-likeness (QED) is 0.872. The normalized spacial score (nSPS) is 17.1. The number of hydrogen-bond acceptors (Lipinski definition) is 3. The van der Waals surface area contributed by atoms with Gasteiger partial charge in [0.1, 0.15) is 0 Å². The molecule has 2 heterocycles. The van der Waals surface area contributed by atoms with Gasteiger partial charge in [-0.2, -0.15) is 5.10 Å². The van der Waals surface area contributed by atoms with Crippen molar-refractivity contribution in [3.05, 3.63) is 53.3 Å². The summed E-state index contributed by atoms with van der Waals surface area (Å²) < 4.78 is 1.84. The summed E-state index contributed by atoms with van der Waals surface area (Å²) in [5.74, 6) is 0.0552. The van der Waals surface area contributed by atoms with Gasteiger partial charge in [-0.05, 0) is 25.5 Å². The lowest BCUT2D eigenvalue weighted by molar-refractivity contribution is -0.128. The van der Waals surface area contributed by atoms with Crippen molar-refractivity contribution in [1.29, 1.82) is 0 Å². The summed E-state index contributed by atoms with van der Waals surface area (Å²) in [7, 11) is 0. The van der Waals surface area contributed by atoms with Crippen LogP contribution >= 0.6 is 0 Å². The molecular weight excluding hydrogens is 316 g/mol. The highest BCUT2D eigenvalue weighted by Crippen LogP contribution is 2.15. The van der Waals surface area contributed by atoms with Gasteiger partial charge in [-0.15, -0.1) is 0 Å². The summed E-state index contributed by atoms with van der Waals surface area (Å²) in [5.41, 5.74) is 3.11. The zero-order valence-electron chi connectivity index (χ0n) is 14.7. The number of amides is 2. The maximum Gasteiger partial charge on any atom is 0.225 e. The average Bonchev–Trinajstić information content (AvgIpc) is 3.08. The Hall–Kier alpha value is -2.63. The Morgan fingerprint density at radius 1 is 1.28 bits per heavy atom. The van der Waals surface area contributed by atoms with Crippen molar-refractivity contribution >= 4 is 11.8 Å². The molecule has 6 nitrogen and oxygen atoms in total. The van der Waals surface area contributed by atoms with Crippen molar-refractivity contribution in [3.8, 4) is 0 Å². The number of benzene rings is 1. The summed E-state index contributed by atoms with van der Waals surface area (Å²) in [4.78, 5) is 26.1. The Balaban J connectivity index is 1.47. The summed E-state index contributed by atoms with van der Waals surface area (Å²) in [6, 6.07) is 11.8. The van der Waals surface area contributed by atoms with Crippen LogP contribution in [-0.2, 0) is 22.7 Å². The molecule has 0 saturated carbocycles. The number of rotatable bonds is 6. The van der Waals surface area contributed by atoms with Gasteiger partial charge in [-0.25, -0.2) is 0 Å². The minimum absolute atomic E-state index is 0.0353. The van der Waals surface area contributed by atoms with E-state index in [9.17, 15) is 9.59 Å². The predicted octanol–water partition coefficient (Wildman–Crippen LogP) is 1.81. The second-order valence-corrected chi connectivity index (χ2v) is 6.63. The molecule has 0 spiro atoms. The monoisotopic (exact) mass is 340 g/mol. The van der Waals surface area contributed by atoms with E-state index < -0.39 is 0 Å². The molecule has 2 aromatic rings. The molecule has 1 aliphatic heterocycles. The topological polar surface area (TPSA) is 67.2 Å². The second kappa shape index (κ2) is 7.51. The Morgan fingerprint density at radius 3 is 2.72 bits per heavy atom. The molecule has 1 N–H and O–H groups in total. The van der Waals surface area contributed by atoms with Crippen LogP contribution in [-0.4, -0.2) is 39.1 Å². The first-order chi connectivity index (χ1) is 12.0. The van der Waals surface area contributed by atoms with Crippen LogP contribution in [0.15, 0.2) is 36.4 Å². The van der Waals surface area contributed by atoms with Crippen LogP contribution in [0.5, 0.6) is 0 Å². The first-order valence-corrected chi connectivity index (χ1v) is 8.63. The van der Waals surface area contributed by atoms with Crippen molar-refractivity contribution in [2.24, 2.45) is 0 Å². The van der Waals surface area contributed by atoms with Crippen LogP contribution in [0.2, 0.25) is 0 Å². The molecule has 1 aliphatic rings. The number of nitrogens with zero attached hydrogens (tertiary/aromatic N) is 3. The van der Waals surface area contributed by atoms with E-state index in [-0.39, 0.29) is 17.9 Å². The highest BCUT2D eigenvalue weighted by Gasteiger charge is 2.30. The lowest BCUT2D eigenvalue weighted by Gasteiger charge is -2.17. The van der Waals surface area contributed by atoms with E-state index in [0.29, 0.717) is 32.5 Å². The molecule has 1 aromatic carbocycles. The number of nitrogens with one attached hydrogen (secondary N) is 1. The molecule has 1 aromatic heterocycles. The SMILES string of the molecule is Cc1cc(C)n(CCC(=O)NC2CC(=O)N(Cc3ccccc3)C2)n1. The number of carbonyl (C=O) groups excluding carboxylic acids is 2. The van der Waals surface area contributed by atoms with Crippen molar-refractivity contribution in [2.45, 2.75) is 45.8 Å². The fourth-order valence-electron chi connectivity index (χ4n) is 3.23. The Morgan fingerprint density at radius 2 is 2.04 bits per heavy atom. The van der Waals surface area contributed by atoms with Gasteiger partial charge in [0, 0.05) is 38.2 Å². The average molecular weight is 340 g/mol. The molecule has 0 aliphatic carbocycles. The van der Waals surface area contributed by atoms with Gasteiger partial charge >= 0.3 is 0 Å². The standard InChI is InChI=1S/C19H24N4O2/c1-14-10-15(2)23(21-14)9-8-18(24)20-17-11-19(25)22(13-17)12-16-6-4-3-5-7-16/h3-7,10,17H,8-9,11-13H2,1-2H3,(H,20,24). The zero-order chi connectivity index (χ0) is 17.8. The van der Waals surface area contributed by atoms with E-state index in [1.165, 1.54) is 0 Å². The van der Waals surface area contributed by atoms with Crippen LogP contribution in [0.4, 0.5) is 0 Å². The molecule has 0 radical (unpaired) electrons. The van der Waals surface area contributed by atoms with Crippen LogP contribution in [0.25, 0.3) is 0 Å². The lowest BCUT2D eigenvalue weighted by Crippen LogP contribution is -2.37. The third kappa shape index (κ3) is 4.47. The Bertz CT molecular complexity index is 754. The summed E-state index contributed by atoms with van der Waals surface area (Å²) >= 11 is 0. The van der Waals surface area contributed by atoms with E-state index >= 15 is 0 Å². The van der Waals surface area contributed by atoms with E-state index in [1.807, 2.05) is 54.9 Å². The van der Waals surface area contributed by atoms with Crippen LogP contribution in [0.1, 0.15) is 29.8 Å². The predicted molar refractivity (Wildman–Crippen MR) is 94.7 cm³/mol. The molecule has 1 fully saturated rings. The van der Waals surface area contributed by atoms with Crippen molar-refractivity contribution < 1.29 is 9.59 Å². The first kappa shape index (κ1) is 17.2. The van der Waals surface area contributed by atoms with E-state index in [0.717, 1.165) is 17.0 Å². The van der Waals surface area contributed by atoms with Crippen molar-refractivity contribution in [2.75, 3.05) is 6.54 Å². The maximum atomic E-state index is 12.2. The minimum Gasteiger partial charge on any atom is -0.351 e. The minimum atomic E-state index is -0.107. The van der Waals surface area contributed by atoms with Crippen LogP contribution < -0.4 is 5.32 Å². The lowest BCUT2D eigenvalue weighted by atomic mass is 10.2. The fourth-order valence-corrected chi connectivity index (χ4v) is 3.23. The molecule has 132 valence electrons. The van der Waals surface area contributed by atoms with Gasteiger partial charge in [-0.3, -0.25) is 14.3 Å². The van der Waals surface area contributed by atoms with Gasteiger partial charge in [0.25, 0.3) is 0 Å². The number of aromatic nitrogens is 2. The van der Waals surface area contributed by atoms with E-state index in [4.69, 9.17) is 0 Å². The third-order valence-electron chi connectivity index (χ3n) is 4.45. The van der Waals surface area contributed by atoms with Gasteiger partial charge < -0.3 is 10.2 Å². The summed E-state index contributed by atoms with van der Waals surface area (Å²) in [5, 5.41) is 7.34. The molecule has 0 bridgehead atoms. The smallest absolute Gasteiger partial charge is 0.225 e. The molecule has 25 heavy (non-hydrogen) atoms. The molecule has 1 saturated heterocycles. The Labute approximate surface area is 147 Å². The molecule has 1 atom stereocenters. The number of aryl methyl sites for hydroxylation is 3. The van der Waals surface area contributed by atoms with Gasteiger partial charge in [0.2, 0.25) is 11.8 Å². The summed E-state index contributed by atoms with van der Waals surface area (Å²) in [6.07, 6.45) is 0.740. The van der Waals surface area contributed by atoms with Gasteiger partial charge in [-0.1, -0.05) is 30.3 Å². The molecule has 1 unspecified atom stereocenters. The molecule has 3 rings (SSSR count). The number of hydrogen-bond donors (Lipinski definition) is 1. The van der Waals surface area contributed by atoms with E-state index in [2.05, 4.69) is 10.4 Å². The first-order valence-electron chi connectivity index (χ1n) is 8.63.